The number of hydrogen-bond donors (Lipinski definition) is 2. The summed E-state index contributed by atoms with van der Waals surface area (Å²) in [5.41, 5.74) is 0.304. The molecule has 0 saturated carbocycles. The van der Waals surface area contributed by atoms with Gasteiger partial charge in [0.15, 0.2) is 0 Å². The van der Waals surface area contributed by atoms with Crippen LogP contribution in [-0.2, 0) is 16.1 Å². The minimum atomic E-state index is -0.940. The zero-order valence-corrected chi connectivity index (χ0v) is 13.6. The van der Waals surface area contributed by atoms with E-state index in [1.165, 1.54) is 0 Å². The Morgan fingerprint density at radius 1 is 1.43 bits per heavy atom. The van der Waals surface area contributed by atoms with Gasteiger partial charge in [-0.2, -0.15) is 0 Å². The van der Waals surface area contributed by atoms with Crippen LogP contribution < -0.4 is 0 Å². The minimum Gasteiger partial charge on any atom is -0.478 e. The average Bonchev–Trinajstić information content (AvgIpc) is 3.04. The predicted molar refractivity (Wildman–Crippen MR) is 84.3 cm³/mol. The fourth-order valence-electron chi connectivity index (χ4n) is 3.92. The van der Waals surface area contributed by atoms with Crippen molar-refractivity contribution in [2.75, 3.05) is 6.61 Å². The summed E-state index contributed by atoms with van der Waals surface area (Å²) >= 11 is 0. The summed E-state index contributed by atoms with van der Waals surface area (Å²) in [6.45, 7) is 4.42. The smallest absolute Gasteiger partial charge is 0.336 e. The highest BCUT2D eigenvalue weighted by molar-refractivity contribution is 5.89. The van der Waals surface area contributed by atoms with E-state index in [0.29, 0.717) is 5.56 Å². The fraction of sp³-hybridized carbons (Fsp3) is 0.611. The van der Waals surface area contributed by atoms with E-state index in [-0.39, 0.29) is 42.0 Å². The Labute approximate surface area is 136 Å². The summed E-state index contributed by atoms with van der Waals surface area (Å²) in [5.74, 6) is -0.866. The SMILES string of the molecule is CC(CO)C12CCC(C)(O1)C(OCc1ccccc1C(=O)O)C2. The number of fused-ring (bicyclic) bond motifs is 2. The van der Waals surface area contributed by atoms with Crippen LogP contribution in [-0.4, -0.2) is 40.1 Å². The van der Waals surface area contributed by atoms with E-state index >= 15 is 0 Å². The van der Waals surface area contributed by atoms with Crippen LogP contribution in [0, 0.1) is 5.92 Å². The third-order valence-electron chi connectivity index (χ3n) is 5.55. The molecule has 1 aromatic rings. The van der Waals surface area contributed by atoms with E-state index in [2.05, 4.69) is 6.92 Å². The number of carboxylic acid groups (broad SMARTS) is 1. The molecule has 2 N–H and O–H groups in total. The van der Waals surface area contributed by atoms with Crippen LogP contribution in [0.1, 0.15) is 49.0 Å². The lowest BCUT2D eigenvalue weighted by atomic mass is 9.75. The van der Waals surface area contributed by atoms with Crippen LogP contribution in [0.5, 0.6) is 0 Å². The van der Waals surface area contributed by atoms with Gasteiger partial charge in [0.2, 0.25) is 0 Å². The highest BCUT2D eigenvalue weighted by Crippen LogP contribution is 2.55. The molecular weight excluding hydrogens is 296 g/mol. The van der Waals surface area contributed by atoms with Gasteiger partial charge in [0, 0.05) is 18.9 Å². The van der Waals surface area contributed by atoms with Gasteiger partial charge in [-0.15, -0.1) is 0 Å². The molecule has 0 aromatic heterocycles. The zero-order valence-electron chi connectivity index (χ0n) is 13.6. The van der Waals surface area contributed by atoms with Crippen molar-refractivity contribution in [2.45, 2.75) is 57.0 Å². The first-order chi connectivity index (χ1) is 10.9. The van der Waals surface area contributed by atoms with Crippen LogP contribution in [0.2, 0.25) is 0 Å². The number of hydrogen-bond acceptors (Lipinski definition) is 4. The molecule has 0 aliphatic carbocycles. The molecule has 23 heavy (non-hydrogen) atoms. The van der Waals surface area contributed by atoms with Crippen molar-refractivity contribution in [1.82, 2.24) is 0 Å². The second kappa shape index (κ2) is 5.89. The zero-order chi connectivity index (χ0) is 16.7. The third kappa shape index (κ3) is 2.77. The first-order valence-electron chi connectivity index (χ1n) is 8.14. The van der Waals surface area contributed by atoms with E-state index < -0.39 is 5.97 Å². The molecule has 1 aromatic carbocycles. The van der Waals surface area contributed by atoms with E-state index in [0.717, 1.165) is 19.3 Å². The molecule has 0 radical (unpaired) electrons. The number of rotatable bonds is 6. The maximum Gasteiger partial charge on any atom is 0.336 e. The monoisotopic (exact) mass is 320 g/mol. The van der Waals surface area contributed by atoms with Crippen molar-refractivity contribution in [1.29, 1.82) is 0 Å². The molecule has 3 rings (SSSR count). The Bertz CT molecular complexity index is 601. The van der Waals surface area contributed by atoms with Gasteiger partial charge in [-0.3, -0.25) is 0 Å². The first-order valence-corrected chi connectivity index (χ1v) is 8.14. The fourth-order valence-corrected chi connectivity index (χ4v) is 3.92. The predicted octanol–water partition coefficient (Wildman–Crippen LogP) is 2.61. The summed E-state index contributed by atoms with van der Waals surface area (Å²) in [4.78, 5) is 11.3. The number of benzene rings is 1. The van der Waals surface area contributed by atoms with Crippen LogP contribution in [0.3, 0.4) is 0 Å². The lowest BCUT2D eigenvalue weighted by molar-refractivity contribution is -0.103. The second-order valence-corrected chi connectivity index (χ2v) is 7.03. The molecule has 4 atom stereocenters. The molecule has 2 heterocycles. The van der Waals surface area contributed by atoms with Gasteiger partial charge in [-0.05, 0) is 31.4 Å². The Morgan fingerprint density at radius 3 is 2.87 bits per heavy atom. The van der Waals surface area contributed by atoms with E-state index in [4.69, 9.17) is 9.47 Å². The number of aliphatic hydroxyl groups excluding tert-OH is 1. The quantitative estimate of drug-likeness (QED) is 0.842. The van der Waals surface area contributed by atoms with E-state index in [1.807, 2.05) is 13.0 Å². The van der Waals surface area contributed by atoms with Gasteiger partial charge in [-0.25, -0.2) is 4.79 Å². The first kappa shape index (κ1) is 16.4. The summed E-state index contributed by atoms with van der Waals surface area (Å²) in [6, 6.07) is 6.91. The van der Waals surface area contributed by atoms with Crippen LogP contribution in [0.4, 0.5) is 0 Å². The molecule has 2 saturated heterocycles. The Morgan fingerprint density at radius 2 is 2.17 bits per heavy atom. The largest absolute Gasteiger partial charge is 0.478 e. The Balaban J connectivity index is 1.72. The van der Waals surface area contributed by atoms with Crippen LogP contribution in [0.25, 0.3) is 0 Å². The maximum absolute atomic E-state index is 11.3. The highest BCUT2D eigenvalue weighted by Gasteiger charge is 2.61. The van der Waals surface area contributed by atoms with E-state index in [9.17, 15) is 15.0 Å². The molecule has 5 nitrogen and oxygen atoms in total. The standard InChI is InChI=1S/C18H24O5/c1-12(10-19)18-8-7-17(2,23-18)15(9-18)22-11-13-5-3-4-6-14(13)16(20)21/h3-6,12,15,19H,7-11H2,1-2H3,(H,20,21). The maximum atomic E-state index is 11.3. The molecule has 5 heteroatoms. The van der Waals surface area contributed by atoms with Crippen molar-refractivity contribution in [2.24, 2.45) is 5.92 Å². The third-order valence-corrected chi connectivity index (χ3v) is 5.55. The number of carboxylic acids is 1. The normalized spacial score (nSPS) is 33.8. The molecule has 2 aliphatic heterocycles. The lowest BCUT2D eigenvalue weighted by Gasteiger charge is -2.32. The van der Waals surface area contributed by atoms with Gasteiger partial charge in [-0.1, -0.05) is 25.1 Å². The number of aliphatic hydroxyl groups is 1. The molecule has 0 spiro atoms. The average molecular weight is 320 g/mol. The summed E-state index contributed by atoms with van der Waals surface area (Å²) in [6.07, 6.45) is 2.52. The van der Waals surface area contributed by atoms with Gasteiger partial charge >= 0.3 is 5.97 Å². The topological polar surface area (TPSA) is 76.0 Å². The Hall–Kier alpha value is -1.43. The van der Waals surface area contributed by atoms with Crippen LogP contribution >= 0.6 is 0 Å². The highest BCUT2D eigenvalue weighted by atomic mass is 16.6. The molecule has 2 aliphatic rings. The summed E-state index contributed by atoms with van der Waals surface area (Å²) in [7, 11) is 0. The molecule has 126 valence electrons. The second-order valence-electron chi connectivity index (χ2n) is 7.03. The van der Waals surface area contributed by atoms with Gasteiger partial charge in [0.25, 0.3) is 0 Å². The van der Waals surface area contributed by atoms with E-state index in [1.54, 1.807) is 18.2 Å². The van der Waals surface area contributed by atoms with Gasteiger partial charge in [0.1, 0.15) is 0 Å². The Kier molecular flexibility index (Phi) is 4.21. The van der Waals surface area contributed by atoms with Crippen molar-refractivity contribution < 1.29 is 24.5 Å². The summed E-state index contributed by atoms with van der Waals surface area (Å²) < 4.78 is 12.3. The molecule has 4 unspecified atom stereocenters. The van der Waals surface area contributed by atoms with Gasteiger partial charge in [0.05, 0.1) is 29.5 Å². The molecule has 2 fully saturated rings. The molecule has 2 bridgehead atoms. The number of ether oxygens (including phenoxy) is 2. The van der Waals surface area contributed by atoms with Crippen LogP contribution in [0.15, 0.2) is 24.3 Å². The number of carbonyl (C=O) groups is 1. The number of aromatic carboxylic acids is 1. The van der Waals surface area contributed by atoms with Crippen molar-refractivity contribution in [3.63, 3.8) is 0 Å². The molecular formula is C18H24O5. The van der Waals surface area contributed by atoms with Crippen molar-refractivity contribution >= 4 is 5.97 Å². The van der Waals surface area contributed by atoms with Gasteiger partial charge < -0.3 is 19.7 Å². The molecule has 0 amide bonds. The minimum absolute atomic E-state index is 0.0734. The van der Waals surface area contributed by atoms with Crippen molar-refractivity contribution in [3.05, 3.63) is 35.4 Å². The van der Waals surface area contributed by atoms with Crippen molar-refractivity contribution in [3.8, 4) is 0 Å². The summed E-state index contributed by atoms with van der Waals surface area (Å²) in [5, 5.41) is 18.8. The lowest BCUT2D eigenvalue weighted by Crippen LogP contribution is -2.39.